The van der Waals surface area contributed by atoms with Crippen molar-refractivity contribution >= 4 is 29.2 Å². The van der Waals surface area contributed by atoms with Gasteiger partial charge >= 0.3 is 5.97 Å². The topological polar surface area (TPSA) is 72.3 Å². The Morgan fingerprint density at radius 1 is 1.23 bits per heavy atom. The van der Waals surface area contributed by atoms with Gasteiger partial charge in [0.15, 0.2) is 0 Å². The van der Waals surface area contributed by atoms with Gasteiger partial charge in [-0.05, 0) is 30.7 Å². The molecule has 0 saturated carbocycles. The molecule has 0 unspecified atom stereocenters. The number of nitrogens with zero attached hydrogens (tertiary/aromatic N) is 4. The van der Waals surface area contributed by atoms with Crippen LogP contribution in [0.3, 0.4) is 0 Å². The third-order valence-electron chi connectivity index (χ3n) is 4.91. The van der Waals surface area contributed by atoms with Gasteiger partial charge in [-0.1, -0.05) is 48.0 Å². The molecule has 0 amide bonds. The molecule has 154 valence electrons. The molecule has 3 heterocycles. The first-order valence-electron chi connectivity index (χ1n) is 9.67. The van der Waals surface area contributed by atoms with Crippen molar-refractivity contribution in [3.63, 3.8) is 0 Å². The SMILES string of the molecule is Cc1nn(Cc2ccccc2)c(Cl)c1/C=C\C(=O)OCc1cn2ccccc2c1C#N. The maximum Gasteiger partial charge on any atom is 0.331 e. The van der Waals surface area contributed by atoms with Crippen LogP contribution in [0.4, 0.5) is 0 Å². The summed E-state index contributed by atoms with van der Waals surface area (Å²) in [4.78, 5) is 12.3. The van der Waals surface area contributed by atoms with E-state index in [-0.39, 0.29) is 6.61 Å². The molecule has 0 radical (unpaired) electrons. The van der Waals surface area contributed by atoms with Gasteiger partial charge in [0, 0.05) is 29.6 Å². The van der Waals surface area contributed by atoms with E-state index in [2.05, 4.69) is 11.2 Å². The van der Waals surface area contributed by atoms with Crippen LogP contribution < -0.4 is 0 Å². The molecule has 0 fully saturated rings. The number of carbonyl (C=O) groups is 1. The van der Waals surface area contributed by atoms with Crippen molar-refractivity contribution in [3.05, 3.63) is 100 Å². The van der Waals surface area contributed by atoms with Gasteiger partial charge in [-0.2, -0.15) is 10.4 Å². The summed E-state index contributed by atoms with van der Waals surface area (Å²) in [6.07, 6.45) is 6.57. The van der Waals surface area contributed by atoms with E-state index in [1.807, 2.05) is 66.1 Å². The molecule has 0 saturated heterocycles. The summed E-state index contributed by atoms with van der Waals surface area (Å²) in [5.74, 6) is -0.523. The molecule has 7 heteroatoms. The molecule has 0 aliphatic heterocycles. The van der Waals surface area contributed by atoms with Crippen LogP contribution in [0.5, 0.6) is 0 Å². The number of rotatable bonds is 6. The summed E-state index contributed by atoms with van der Waals surface area (Å²) in [6.45, 7) is 2.38. The Hall–Kier alpha value is -3.82. The average Bonchev–Trinajstić information content (AvgIpc) is 3.27. The number of halogens is 1. The molecule has 0 aliphatic carbocycles. The smallest absolute Gasteiger partial charge is 0.331 e. The number of aromatic nitrogens is 3. The largest absolute Gasteiger partial charge is 0.458 e. The molecule has 3 aromatic heterocycles. The van der Waals surface area contributed by atoms with Gasteiger partial charge in [0.05, 0.1) is 23.3 Å². The highest BCUT2D eigenvalue weighted by Crippen LogP contribution is 2.23. The number of fused-ring (bicyclic) bond motifs is 1. The molecule has 0 N–H and O–H groups in total. The van der Waals surface area contributed by atoms with E-state index >= 15 is 0 Å². The second-order valence-corrected chi connectivity index (χ2v) is 7.37. The molecular formula is C24H19ClN4O2. The molecule has 6 nitrogen and oxygen atoms in total. The lowest BCUT2D eigenvalue weighted by Crippen LogP contribution is -2.02. The van der Waals surface area contributed by atoms with Gasteiger partial charge in [-0.25, -0.2) is 9.48 Å². The third-order valence-corrected chi connectivity index (χ3v) is 5.31. The van der Waals surface area contributed by atoms with Crippen LogP contribution in [0, 0.1) is 18.3 Å². The van der Waals surface area contributed by atoms with E-state index in [0.29, 0.717) is 28.4 Å². The molecule has 0 bridgehead atoms. The highest BCUT2D eigenvalue weighted by molar-refractivity contribution is 6.31. The number of benzene rings is 1. The minimum atomic E-state index is -0.523. The number of nitriles is 1. The lowest BCUT2D eigenvalue weighted by atomic mass is 10.2. The summed E-state index contributed by atoms with van der Waals surface area (Å²) in [6, 6.07) is 17.6. The lowest BCUT2D eigenvalue weighted by Gasteiger charge is -2.03. The average molecular weight is 431 g/mol. The highest BCUT2D eigenvalue weighted by atomic mass is 35.5. The number of pyridine rings is 1. The van der Waals surface area contributed by atoms with Crippen molar-refractivity contribution in [2.75, 3.05) is 0 Å². The molecule has 4 aromatic rings. The number of ether oxygens (including phenoxy) is 1. The Morgan fingerprint density at radius 2 is 2.00 bits per heavy atom. The molecule has 0 atom stereocenters. The fourth-order valence-corrected chi connectivity index (χ4v) is 3.68. The van der Waals surface area contributed by atoms with Crippen molar-refractivity contribution in [2.24, 2.45) is 0 Å². The standard InChI is InChI=1S/C24H19ClN4O2/c1-17-20(24(25)29(27-17)14-18-7-3-2-4-8-18)10-11-23(30)31-16-19-15-28-12-6-5-9-22(28)21(19)13-26/h2-12,15H,14,16H2,1H3/b11-10-. The highest BCUT2D eigenvalue weighted by Gasteiger charge is 2.13. The van der Waals surface area contributed by atoms with Gasteiger partial charge in [0.1, 0.15) is 17.8 Å². The number of hydrogen-bond acceptors (Lipinski definition) is 4. The molecule has 0 aliphatic rings. The van der Waals surface area contributed by atoms with E-state index in [4.69, 9.17) is 16.3 Å². The minimum absolute atomic E-state index is 0.00767. The van der Waals surface area contributed by atoms with E-state index in [0.717, 1.165) is 16.8 Å². The van der Waals surface area contributed by atoms with Crippen LogP contribution in [0.15, 0.2) is 67.0 Å². The number of esters is 1. The lowest BCUT2D eigenvalue weighted by molar-refractivity contribution is -0.138. The first-order chi connectivity index (χ1) is 15.1. The van der Waals surface area contributed by atoms with Crippen LogP contribution >= 0.6 is 11.6 Å². The maximum atomic E-state index is 12.3. The predicted octanol–water partition coefficient (Wildman–Crippen LogP) is 4.77. The maximum absolute atomic E-state index is 12.3. The van der Waals surface area contributed by atoms with Crippen molar-refractivity contribution in [2.45, 2.75) is 20.1 Å². The van der Waals surface area contributed by atoms with Gasteiger partial charge < -0.3 is 9.14 Å². The van der Waals surface area contributed by atoms with Crippen LogP contribution in [0.25, 0.3) is 11.6 Å². The summed E-state index contributed by atoms with van der Waals surface area (Å²) in [5.41, 5.74) is 4.39. The number of aryl methyl sites for hydroxylation is 1. The van der Waals surface area contributed by atoms with E-state index in [9.17, 15) is 10.1 Å². The van der Waals surface area contributed by atoms with Crippen LogP contribution in [0.1, 0.15) is 27.9 Å². The quantitative estimate of drug-likeness (QED) is 0.326. The van der Waals surface area contributed by atoms with Crippen molar-refractivity contribution < 1.29 is 9.53 Å². The van der Waals surface area contributed by atoms with E-state index in [1.165, 1.54) is 6.08 Å². The predicted molar refractivity (Wildman–Crippen MR) is 118 cm³/mol. The van der Waals surface area contributed by atoms with Gasteiger partial charge in [0.25, 0.3) is 0 Å². The Balaban J connectivity index is 1.45. The van der Waals surface area contributed by atoms with E-state index < -0.39 is 5.97 Å². The zero-order chi connectivity index (χ0) is 21.8. The van der Waals surface area contributed by atoms with Crippen molar-refractivity contribution in [3.8, 4) is 6.07 Å². The minimum Gasteiger partial charge on any atom is -0.458 e. The molecule has 1 aromatic carbocycles. The van der Waals surface area contributed by atoms with E-state index in [1.54, 1.807) is 17.0 Å². The van der Waals surface area contributed by atoms with Crippen LogP contribution in [-0.4, -0.2) is 20.2 Å². The molecule has 4 rings (SSSR count). The second kappa shape index (κ2) is 8.90. The van der Waals surface area contributed by atoms with Gasteiger partial charge in [-0.15, -0.1) is 0 Å². The Labute approximate surface area is 184 Å². The fourth-order valence-electron chi connectivity index (χ4n) is 3.38. The van der Waals surface area contributed by atoms with Crippen LogP contribution in [-0.2, 0) is 22.7 Å². The molecule has 31 heavy (non-hydrogen) atoms. The summed E-state index contributed by atoms with van der Waals surface area (Å²) in [7, 11) is 0. The normalized spacial score (nSPS) is 11.1. The fraction of sp³-hybridized carbons (Fsp3) is 0.125. The second-order valence-electron chi connectivity index (χ2n) is 7.01. The third kappa shape index (κ3) is 4.37. The zero-order valence-corrected chi connectivity index (χ0v) is 17.6. The molecular weight excluding hydrogens is 412 g/mol. The summed E-state index contributed by atoms with van der Waals surface area (Å²) in [5, 5.41) is 14.4. The van der Waals surface area contributed by atoms with Crippen molar-refractivity contribution in [1.82, 2.24) is 14.2 Å². The first-order valence-corrected chi connectivity index (χ1v) is 10.0. The Kier molecular flexibility index (Phi) is 5.87. The monoisotopic (exact) mass is 430 g/mol. The first kappa shape index (κ1) is 20.5. The number of hydrogen-bond donors (Lipinski definition) is 0. The summed E-state index contributed by atoms with van der Waals surface area (Å²) < 4.78 is 8.88. The zero-order valence-electron chi connectivity index (χ0n) is 16.8. The summed E-state index contributed by atoms with van der Waals surface area (Å²) >= 11 is 6.48. The van der Waals surface area contributed by atoms with Gasteiger partial charge in [0.2, 0.25) is 0 Å². The number of carbonyl (C=O) groups excluding carboxylic acids is 1. The molecule has 0 spiro atoms. The van der Waals surface area contributed by atoms with Gasteiger partial charge in [-0.3, -0.25) is 0 Å². The van der Waals surface area contributed by atoms with Crippen molar-refractivity contribution in [1.29, 1.82) is 5.26 Å². The van der Waals surface area contributed by atoms with Crippen LogP contribution in [0.2, 0.25) is 5.15 Å². The Bertz CT molecular complexity index is 1310. The Morgan fingerprint density at radius 3 is 2.77 bits per heavy atom.